The molecule has 1 amide bonds. The second-order valence-electron chi connectivity index (χ2n) is 8.37. The van der Waals surface area contributed by atoms with Gasteiger partial charge < -0.3 is 14.7 Å². The van der Waals surface area contributed by atoms with Gasteiger partial charge in [0.2, 0.25) is 5.91 Å². The molecule has 4 nitrogen and oxygen atoms in total. The third-order valence-electron chi connectivity index (χ3n) is 6.54. The maximum atomic E-state index is 13.0. The molecule has 0 radical (unpaired) electrons. The minimum atomic E-state index is 0.246. The summed E-state index contributed by atoms with van der Waals surface area (Å²) in [6, 6.07) is 10.6. The van der Waals surface area contributed by atoms with Gasteiger partial charge in [-0.1, -0.05) is 30.4 Å². The van der Waals surface area contributed by atoms with Gasteiger partial charge >= 0.3 is 0 Å². The number of benzene rings is 1. The molecule has 1 aromatic carbocycles. The Labute approximate surface area is 163 Å². The lowest BCUT2D eigenvalue weighted by Crippen LogP contribution is -2.51. The largest absolute Gasteiger partial charge is 0.368 e. The van der Waals surface area contributed by atoms with Crippen LogP contribution in [0.4, 0.5) is 5.69 Å². The summed E-state index contributed by atoms with van der Waals surface area (Å²) in [5.74, 6) is 1.48. The molecular formula is C23H33N3O. The summed E-state index contributed by atoms with van der Waals surface area (Å²) in [5.41, 5.74) is 1.27. The number of hydrogen-bond acceptors (Lipinski definition) is 3. The van der Waals surface area contributed by atoms with Crippen LogP contribution in [0.2, 0.25) is 0 Å². The van der Waals surface area contributed by atoms with Crippen LogP contribution in [0.25, 0.3) is 0 Å². The van der Waals surface area contributed by atoms with Gasteiger partial charge in [-0.3, -0.25) is 4.79 Å². The third kappa shape index (κ3) is 4.73. The quantitative estimate of drug-likeness (QED) is 0.763. The summed E-state index contributed by atoms with van der Waals surface area (Å²) < 4.78 is 0. The summed E-state index contributed by atoms with van der Waals surface area (Å²) in [5, 5.41) is 0. The number of piperidine rings is 1. The Kier molecular flexibility index (Phi) is 6.13. The van der Waals surface area contributed by atoms with Crippen molar-refractivity contribution in [2.45, 2.75) is 32.1 Å². The molecule has 0 N–H and O–H groups in total. The van der Waals surface area contributed by atoms with Crippen molar-refractivity contribution in [2.24, 2.45) is 11.8 Å². The monoisotopic (exact) mass is 367 g/mol. The minimum absolute atomic E-state index is 0.246. The van der Waals surface area contributed by atoms with Gasteiger partial charge in [0.15, 0.2) is 0 Å². The number of nitrogens with zero attached hydrogens (tertiary/aromatic N) is 3. The van der Waals surface area contributed by atoms with Crippen molar-refractivity contribution in [3.63, 3.8) is 0 Å². The molecule has 0 aromatic heterocycles. The van der Waals surface area contributed by atoms with Crippen LogP contribution in [0.3, 0.4) is 0 Å². The highest BCUT2D eigenvalue weighted by atomic mass is 16.2. The molecule has 2 fully saturated rings. The Morgan fingerprint density at radius 1 is 0.889 bits per heavy atom. The SMILES string of the molecule is O=C(C1CCN(C[C@@H]2CC=CCC2)CC1)N1CCN(c2ccccc2)CC1. The summed E-state index contributed by atoms with van der Waals surface area (Å²) in [7, 11) is 0. The average molecular weight is 368 g/mol. The molecule has 0 unspecified atom stereocenters. The van der Waals surface area contributed by atoms with Crippen LogP contribution >= 0.6 is 0 Å². The number of carbonyl (C=O) groups excluding carboxylic acids is 1. The zero-order valence-electron chi connectivity index (χ0n) is 16.4. The Morgan fingerprint density at radius 2 is 1.63 bits per heavy atom. The predicted octanol–water partition coefficient (Wildman–Crippen LogP) is 3.40. The van der Waals surface area contributed by atoms with Gasteiger partial charge in [0, 0.05) is 44.3 Å². The smallest absolute Gasteiger partial charge is 0.225 e. The van der Waals surface area contributed by atoms with E-state index in [4.69, 9.17) is 0 Å². The normalized spacial score (nSPS) is 25.0. The van der Waals surface area contributed by atoms with E-state index in [2.05, 4.69) is 57.2 Å². The van der Waals surface area contributed by atoms with Gasteiger partial charge in [0.1, 0.15) is 0 Å². The lowest BCUT2D eigenvalue weighted by molar-refractivity contribution is -0.137. The molecule has 27 heavy (non-hydrogen) atoms. The molecule has 2 aliphatic heterocycles. The van der Waals surface area contributed by atoms with Crippen LogP contribution in [0.15, 0.2) is 42.5 Å². The number of allylic oxidation sites excluding steroid dienone is 2. The van der Waals surface area contributed by atoms with Crippen molar-refractivity contribution in [2.75, 3.05) is 50.7 Å². The zero-order chi connectivity index (χ0) is 18.5. The first-order chi connectivity index (χ1) is 13.3. The standard InChI is InChI=1S/C23H33N3O/c27-23(26-17-15-25(16-18-26)22-9-5-2-6-10-22)21-11-13-24(14-12-21)19-20-7-3-1-4-8-20/h1-3,5-6,9-10,20-21H,4,7-8,11-19H2/t20-/m1/s1. The van der Waals surface area contributed by atoms with Crippen LogP contribution in [-0.4, -0.2) is 61.5 Å². The van der Waals surface area contributed by atoms with Crippen molar-refractivity contribution in [1.29, 1.82) is 0 Å². The third-order valence-corrected chi connectivity index (χ3v) is 6.54. The molecule has 1 aliphatic carbocycles. The average Bonchev–Trinajstić information content (AvgIpc) is 2.75. The summed E-state index contributed by atoms with van der Waals surface area (Å²) in [6.07, 6.45) is 10.6. The van der Waals surface area contributed by atoms with Crippen LogP contribution < -0.4 is 4.90 Å². The number of piperazine rings is 1. The molecular weight excluding hydrogens is 334 g/mol. The maximum Gasteiger partial charge on any atom is 0.225 e. The highest BCUT2D eigenvalue weighted by molar-refractivity contribution is 5.79. The van der Waals surface area contributed by atoms with E-state index in [-0.39, 0.29) is 5.92 Å². The van der Waals surface area contributed by atoms with Crippen molar-refractivity contribution >= 4 is 11.6 Å². The molecule has 1 aromatic rings. The van der Waals surface area contributed by atoms with E-state index in [9.17, 15) is 4.79 Å². The van der Waals surface area contributed by atoms with Crippen LogP contribution in [0.5, 0.6) is 0 Å². The first-order valence-electron chi connectivity index (χ1n) is 10.8. The van der Waals surface area contributed by atoms with Crippen molar-refractivity contribution in [3.8, 4) is 0 Å². The Balaban J connectivity index is 1.21. The van der Waals surface area contributed by atoms with Gasteiger partial charge in [-0.25, -0.2) is 0 Å². The molecule has 4 rings (SSSR count). The van der Waals surface area contributed by atoms with E-state index < -0.39 is 0 Å². The van der Waals surface area contributed by atoms with Crippen molar-refractivity contribution in [1.82, 2.24) is 9.80 Å². The van der Waals surface area contributed by atoms with Gasteiger partial charge in [-0.05, 0) is 63.2 Å². The molecule has 0 spiro atoms. The number of rotatable bonds is 4. The number of anilines is 1. The molecule has 2 heterocycles. The number of amides is 1. The summed E-state index contributed by atoms with van der Waals surface area (Å²) >= 11 is 0. The van der Waals surface area contributed by atoms with Crippen LogP contribution in [0, 0.1) is 11.8 Å². The highest BCUT2D eigenvalue weighted by Crippen LogP contribution is 2.25. The van der Waals surface area contributed by atoms with Crippen LogP contribution in [0.1, 0.15) is 32.1 Å². The fraction of sp³-hybridized carbons (Fsp3) is 0.609. The second-order valence-corrected chi connectivity index (χ2v) is 8.37. The molecule has 4 heteroatoms. The lowest BCUT2D eigenvalue weighted by atomic mass is 9.91. The van der Waals surface area contributed by atoms with Gasteiger partial charge in [-0.2, -0.15) is 0 Å². The van der Waals surface area contributed by atoms with Crippen LogP contribution in [-0.2, 0) is 4.79 Å². The summed E-state index contributed by atoms with van der Waals surface area (Å²) in [4.78, 5) is 20.1. The zero-order valence-corrected chi connectivity index (χ0v) is 16.4. The number of hydrogen-bond donors (Lipinski definition) is 0. The first kappa shape index (κ1) is 18.5. The predicted molar refractivity (Wildman–Crippen MR) is 111 cm³/mol. The Morgan fingerprint density at radius 3 is 2.30 bits per heavy atom. The van der Waals surface area contributed by atoms with Crippen molar-refractivity contribution in [3.05, 3.63) is 42.5 Å². The molecule has 3 aliphatic rings. The highest BCUT2D eigenvalue weighted by Gasteiger charge is 2.31. The second kappa shape index (κ2) is 8.92. The van der Waals surface area contributed by atoms with E-state index in [1.54, 1.807) is 0 Å². The topological polar surface area (TPSA) is 26.8 Å². The van der Waals surface area contributed by atoms with E-state index in [0.717, 1.165) is 58.0 Å². The number of para-hydroxylation sites is 1. The van der Waals surface area contributed by atoms with E-state index in [1.165, 1.54) is 31.5 Å². The molecule has 146 valence electrons. The van der Waals surface area contributed by atoms with E-state index >= 15 is 0 Å². The number of carbonyl (C=O) groups is 1. The van der Waals surface area contributed by atoms with Crippen molar-refractivity contribution < 1.29 is 4.79 Å². The van der Waals surface area contributed by atoms with E-state index in [1.807, 2.05) is 0 Å². The molecule has 0 saturated carbocycles. The first-order valence-corrected chi connectivity index (χ1v) is 10.8. The summed E-state index contributed by atoms with van der Waals surface area (Å²) in [6.45, 7) is 7.04. The maximum absolute atomic E-state index is 13.0. The Bertz CT molecular complexity index is 628. The molecule has 1 atom stereocenters. The molecule has 2 saturated heterocycles. The van der Waals surface area contributed by atoms with Gasteiger partial charge in [0.05, 0.1) is 0 Å². The van der Waals surface area contributed by atoms with Gasteiger partial charge in [-0.15, -0.1) is 0 Å². The Hall–Kier alpha value is -1.81. The lowest BCUT2D eigenvalue weighted by Gasteiger charge is -2.40. The fourth-order valence-electron chi connectivity index (χ4n) is 4.83. The van der Waals surface area contributed by atoms with Gasteiger partial charge in [0.25, 0.3) is 0 Å². The minimum Gasteiger partial charge on any atom is -0.368 e. The van der Waals surface area contributed by atoms with E-state index in [0.29, 0.717) is 5.91 Å². The fourth-order valence-corrected chi connectivity index (χ4v) is 4.83. The molecule has 0 bridgehead atoms. The number of likely N-dealkylation sites (tertiary alicyclic amines) is 1.